The maximum Gasteiger partial charge on any atom is 0.408 e. The normalized spacial score (nSPS) is 15.9. The first-order valence-electron chi connectivity index (χ1n) is 13.2. The molecule has 1 saturated carbocycles. The fraction of sp³-hybridized carbons (Fsp3) is 0.355. The Bertz CT molecular complexity index is 1430. The molecule has 0 saturated heterocycles. The van der Waals surface area contributed by atoms with E-state index in [2.05, 4.69) is 6.07 Å². The Labute approximate surface area is 228 Å². The van der Waals surface area contributed by atoms with E-state index < -0.39 is 17.2 Å². The summed E-state index contributed by atoms with van der Waals surface area (Å²) in [7, 11) is 0. The standard InChI is InChI=1S/C31H32N4O4/c1-30(2,3)35(29(37)38)31(15-7-16-31)23-13-11-22(12-14-23)27-24(21-9-5-4-6-10-21)19-25-28(33-27)39-20-26(36)34(25)18-8-17-32/h4-6,9-14,19H,7-8,15-16,18,20H2,1-3H3,(H,37,38). The van der Waals surface area contributed by atoms with Crippen LogP contribution in [0, 0.1) is 11.3 Å². The van der Waals surface area contributed by atoms with Crippen LogP contribution in [-0.2, 0) is 10.3 Å². The van der Waals surface area contributed by atoms with E-state index in [1.165, 1.54) is 0 Å². The number of ether oxygens (including phenoxy) is 1. The molecule has 1 fully saturated rings. The molecule has 3 aromatic rings. The number of hydrogen-bond acceptors (Lipinski definition) is 5. The van der Waals surface area contributed by atoms with Crippen LogP contribution in [0.25, 0.3) is 22.4 Å². The van der Waals surface area contributed by atoms with Crippen molar-refractivity contribution in [1.82, 2.24) is 9.88 Å². The lowest BCUT2D eigenvalue weighted by Crippen LogP contribution is -2.60. The Balaban J connectivity index is 1.60. The third-order valence-corrected chi connectivity index (χ3v) is 7.59. The third-order valence-electron chi connectivity index (χ3n) is 7.59. The number of anilines is 1. The van der Waals surface area contributed by atoms with Crippen molar-refractivity contribution in [2.24, 2.45) is 0 Å². The number of fused-ring (bicyclic) bond motifs is 1. The number of aromatic nitrogens is 1. The van der Waals surface area contributed by atoms with Gasteiger partial charge in [0.1, 0.15) is 5.69 Å². The van der Waals surface area contributed by atoms with Crippen LogP contribution in [0.4, 0.5) is 10.5 Å². The number of benzene rings is 2. The molecule has 8 nitrogen and oxygen atoms in total. The lowest BCUT2D eigenvalue weighted by Gasteiger charge is -2.54. The van der Waals surface area contributed by atoms with Crippen molar-refractivity contribution in [3.63, 3.8) is 0 Å². The van der Waals surface area contributed by atoms with Crippen LogP contribution in [0.15, 0.2) is 60.7 Å². The van der Waals surface area contributed by atoms with E-state index >= 15 is 0 Å². The second-order valence-electron chi connectivity index (χ2n) is 11.1. The molecule has 1 aliphatic carbocycles. The maximum atomic E-state index is 12.6. The van der Waals surface area contributed by atoms with Gasteiger partial charge in [0.25, 0.3) is 5.91 Å². The van der Waals surface area contributed by atoms with Crippen LogP contribution in [0.1, 0.15) is 52.0 Å². The van der Waals surface area contributed by atoms with E-state index in [9.17, 15) is 14.7 Å². The Hall–Kier alpha value is -4.38. The maximum absolute atomic E-state index is 12.6. The van der Waals surface area contributed by atoms with Gasteiger partial charge in [-0.15, -0.1) is 0 Å². The molecule has 8 heteroatoms. The number of carbonyl (C=O) groups excluding carboxylic acids is 1. The molecule has 0 bridgehead atoms. The second kappa shape index (κ2) is 10.1. The number of pyridine rings is 1. The van der Waals surface area contributed by atoms with E-state index in [1.54, 1.807) is 9.80 Å². The number of hydrogen-bond donors (Lipinski definition) is 1. The molecule has 2 amide bonds. The molecule has 0 unspecified atom stereocenters. The summed E-state index contributed by atoms with van der Waals surface area (Å²) < 4.78 is 5.74. The summed E-state index contributed by atoms with van der Waals surface area (Å²) >= 11 is 0. The van der Waals surface area contributed by atoms with Gasteiger partial charge in [0, 0.05) is 23.2 Å². The van der Waals surface area contributed by atoms with Crippen LogP contribution >= 0.6 is 0 Å². The predicted molar refractivity (Wildman–Crippen MR) is 148 cm³/mol. The zero-order chi connectivity index (χ0) is 27.8. The molecule has 0 atom stereocenters. The highest BCUT2D eigenvalue weighted by Crippen LogP contribution is 2.50. The lowest BCUT2D eigenvalue weighted by molar-refractivity contribution is -0.121. The molecule has 2 heterocycles. The zero-order valence-electron chi connectivity index (χ0n) is 22.5. The summed E-state index contributed by atoms with van der Waals surface area (Å²) in [5.74, 6) is 0.148. The van der Waals surface area contributed by atoms with Crippen molar-refractivity contribution in [3.8, 4) is 34.3 Å². The first-order valence-corrected chi connectivity index (χ1v) is 13.2. The van der Waals surface area contributed by atoms with Gasteiger partial charge in [0.2, 0.25) is 5.88 Å². The number of nitrogens with zero attached hydrogens (tertiary/aromatic N) is 4. The van der Waals surface area contributed by atoms with E-state index in [1.807, 2.05) is 81.4 Å². The molecule has 0 radical (unpaired) electrons. The van der Waals surface area contributed by atoms with Crippen molar-refractivity contribution < 1.29 is 19.4 Å². The third kappa shape index (κ3) is 4.69. The predicted octanol–water partition coefficient (Wildman–Crippen LogP) is 6.21. The topological polar surface area (TPSA) is 107 Å². The fourth-order valence-electron chi connectivity index (χ4n) is 5.80. The molecule has 0 spiro atoms. The van der Waals surface area contributed by atoms with Gasteiger partial charge < -0.3 is 14.7 Å². The minimum absolute atomic E-state index is 0.130. The van der Waals surface area contributed by atoms with Gasteiger partial charge in [0.05, 0.1) is 23.7 Å². The minimum atomic E-state index is -0.915. The van der Waals surface area contributed by atoms with Crippen molar-refractivity contribution in [2.75, 3.05) is 18.1 Å². The minimum Gasteiger partial charge on any atom is -0.466 e. The van der Waals surface area contributed by atoms with Gasteiger partial charge in [0.15, 0.2) is 6.61 Å². The zero-order valence-corrected chi connectivity index (χ0v) is 22.5. The van der Waals surface area contributed by atoms with Crippen LogP contribution < -0.4 is 9.64 Å². The van der Waals surface area contributed by atoms with Crippen molar-refractivity contribution >= 4 is 17.7 Å². The van der Waals surface area contributed by atoms with E-state index in [0.717, 1.165) is 41.5 Å². The number of rotatable bonds is 6. The Morgan fingerprint density at radius 3 is 2.38 bits per heavy atom. The second-order valence-corrected chi connectivity index (χ2v) is 11.1. The molecule has 1 aromatic heterocycles. The van der Waals surface area contributed by atoms with Gasteiger partial charge >= 0.3 is 6.09 Å². The number of amides is 2. The first kappa shape index (κ1) is 26.2. The fourth-order valence-corrected chi connectivity index (χ4v) is 5.80. The summed E-state index contributed by atoms with van der Waals surface area (Å²) in [5, 5.41) is 19.2. The molecule has 200 valence electrons. The Morgan fingerprint density at radius 2 is 1.82 bits per heavy atom. The Morgan fingerprint density at radius 1 is 1.13 bits per heavy atom. The van der Waals surface area contributed by atoms with Crippen LogP contribution in [0.3, 0.4) is 0 Å². The van der Waals surface area contributed by atoms with Crippen LogP contribution in [-0.4, -0.2) is 45.7 Å². The molecule has 2 aliphatic rings. The largest absolute Gasteiger partial charge is 0.466 e. The summed E-state index contributed by atoms with van der Waals surface area (Å²) in [6, 6.07) is 21.8. The van der Waals surface area contributed by atoms with Gasteiger partial charge in [-0.25, -0.2) is 9.78 Å². The molecule has 5 rings (SSSR count). The molecular weight excluding hydrogens is 492 g/mol. The van der Waals surface area contributed by atoms with Crippen molar-refractivity contribution in [1.29, 1.82) is 5.26 Å². The van der Waals surface area contributed by atoms with Gasteiger partial charge in [-0.3, -0.25) is 9.69 Å². The molecule has 1 aliphatic heterocycles. The highest BCUT2D eigenvalue weighted by atomic mass is 16.5. The average Bonchev–Trinajstić information content (AvgIpc) is 2.89. The molecule has 1 N–H and O–H groups in total. The lowest BCUT2D eigenvalue weighted by atomic mass is 9.69. The van der Waals surface area contributed by atoms with Crippen LogP contribution in [0.5, 0.6) is 5.88 Å². The van der Waals surface area contributed by atoms with E-state index in [0.29, 0.717) is 17.3 Å². The summed E-state index contributed by atoms with van der Waals surface area (Å²) in [6.45, 7) is 5.94. The van der Waals surface area contributed by atoms with Gasteiger partial charge in [-0.1, -0.05) is 54.6 Å². The summed E-state index contributed by atoms with van der Waals surface area (Å²) in [5.41, 5.74) is 3.76. The monoisotopic (exact) mass is 524 g/mol. The SMILES string of the molecule is CC(C)(C)N(C(=O)O)C1(c2ccc(-c3nc4c(cc3-c3ccccc3)N(CCC#N)C(=O)CO4)cc2)CCC1. The molecular formula is C31H32N4O4. The number of carboxylic acid groups (broad SMARTS) is 1. The van der Waals surface area contributed by atoms with E-state index in [4.69, 9.17) is 15.0 Å². The highest BCUT2D eigenvalue weighted by molar-refractivity contribution is 5.99. The first-order chi connectivity index (χ1) is 18.7. The molecule has 2 aromatic carbocycles. The summed E-state index contributed by atoms with van der Waals surface area (Å²) in [4.78, 5) is 33.0. The average molecular weight is 525 g/mol. The quantitative estimate of drug-likeness (QED) is 0.411. The van der Waals surface area contributed by atoms with Crippen molar-refractivity contribution in [3.05, 3.63) is 66.2 Å². The van der Waals surface area contributed by atoms with Gasteiger partial charge in [-0.05, 0) is 57.2 Å². The number of carbonyl (C=O) groups is 2. The highest BCUT2D eigenvalue weighted by Gasteiger charge is 2.50. The van der Waals surface area contributed by atoms with Gasteiger partial charge in [-0.2, -0.15) is 5.26 Å². The number of nitriles is 1. The smallest absolute Gasteiger partial charge is 0.408 e. The van der Waals surface area contributed by atoms with Crippen LogP contribution in [0.2, 0.25) is 0 Å². The van der Waals surface area contributed by atoms with Crippen molar-refractivity contribution in [2.45, 2.75) is 57.5 Å². The Kier molecular flexibility index (Phi) is 6.77. The summed E-state index contributed by atoms with van der Waals surface area (Å²) in [6.07, 6.45) is 1.83. The van der Waals surface area contributed by atoms with E-state index in [-0.39, 0.29) is 25.5 Å². The molecule has 39 heavy (non-hydrogen) atoms.